The Balaban J connectivity index is 1.62. The largest absolute Gasteiger partial charge is 0.332 e. The molecule has 1 aliphatic heterocycles. The summed E-state index contributed by atoms with van der Waals surface area (Å²) in [5.41, 5.74) is 2.55. The summed E-state index contributed by atoms with van der Waals surface area (Å²) in [5.74, 6) is -0.0324. The molecule has 0 fully saturated rings. The van der Waals surface area contributed by atoms with Crippen molar-refractivity contribution in [3.63, 3.8) is 0 Å². The van der Waals surface area contributed by atoms with E-state index in [1.807, 2.05) is 17.0 Å². The van der Waals surface area contributed by atoms with Gasteiger partial charge < -0.3 is 4.90 Å². The third-order valence-corrected chi connectivity index (χ3v) is 4.39. The third kappa shape index (κ3) is 1.78. The summed E-state index contributed by atoms with van der Waals surface area (Å²) in [4.78, 5) is 15.0. The smallest absolute Gasteiger partial charge is 0.285 e. The molecule has 4 rings (SSSR count). The van der Waals surface area contributed by atoms with Gasteiger partial charge in [-0.2, -0.15) is 4.52 Å². The lowest BCUT2D eigenvalue weighted by atomic mass is 10.00. The van der Waals surface area contributed by atoms with Gasteiger partial charge in [0, 0.05) is 13.1 Å². The monoisotopic (exact) mass is 285 g/mol. The van der Waals surface area contributed by atoms with Crippen LogP contribution in [0.25, 0.3) is 4.96 Å². The second-order valence-electron chi connectivity index (χ2n) is 4.71. The van der Waals surface area contributed by atoms with Crippen LogP contribution in [0.1, 0.15) is 20.9 Å². The number of benzene rings is 1. The maximum absolute atomic E-state index is 12.5. The quantitative estimate of drug-likeness (QED) is 0.677. The van der Waals surface area contributed by atoms with E-state index >= 15 is 0 Å². The van der Waals surface area contributed by atoms with Gasteiger partial charge in [0.25, 0.3) is 5.91 Å². The number of hydrogen-bond donors (Lipinski definition) is 0. The van der Waals surface area contributed by atoms with Crippen LogP contribution < -0.4 is 0 Å². The Morgan fingerprint density at radius 1 is 1.25 bits per heavy atom. The second-order valence-corrected chi connectivity index (χ2v) is 5.67. The number of aromatic nitrogens is 4. The van der Waals surface area contributed by atoms with E-state index in [4.69, 9.17) is 0 Å². The number of amides is 1. The van der Waals surface area contributed by atoms with E-state index in [0.717, 1.165) is 13.0 Å². The second kappa shape index (κ2) is 4.38. The normalized spacial score (nSPS) is 14.5. The van der Waals surface area contributed by atoms with Crippen molar-refractivity contribution in [2.24, 2.45) is 0 Å². The Kier molecular flexibility index (Phi) is 2.53. The number of rotatable bonds is 1. The van der Waals surface area contributed by atoms with Gasteiger partial charge in [0.15, 0.2) is 0 Å². The molecule has 0 aliphatic carbocycles. The van der Waals surface area contributed by atoms with Gasteiger partial charge in [0.05, 0.1) is 0 Å². The number of carbonyl (C=O) groups excluding carboxylic acids is 1. The van der Waals surface area contributed by atoms with Gasteiger partial charge in [-0.3, -0.25) is 4.79 Å². The first-order valence-electron chi connectivity index (χ1n) is 6.34. The number of hydrogen-bond acceptors (Lipinski definition) is 5. The SMILES string of the molecule is O=C(c1nn2cnnc2s1)N1CCc2ccccc2C1. The van der Waals surface area contributed by atoms with E-state index in [-0.39, 0.29) is 5.91 Å². The van der Waals surface area contributed by atoms with Gasteiger partial charge in [0.2, 0.25) is 9.97 Å². The summed E-state index contributed by atoms with van der Waals surface area (Å²) in [5, 5.41) is 12.3. The zero-order chi connectivity index (χ0) is 13.5. The molecule has 0 saturated heterocycles. The maximum Gasteiger partial charge on any atom is 0.285 e. The lowest BCUT2D eigenvalue weighted by Crippen LogP contribution is -2.35. The summed E-state index contributed by atoms with van der Waals surface area (Å²) in [6.07, 6.45) is 2.40. The van der Waals surface area contributed by atoms with Crippen molar-refractivity contribution in [1.29, 1.82) is 0 Å². The molecule has 20 heavy (non-hydrogen) atoms. The van der Waals surface area contributed by atoms with Crippen LogP contribution in [0.2, 0.25) is 0 Å². The van der Waals surface area contributed by atoms with Gasteiger partial charge in [-0.1, -0.05) is 35.6 Å². The van der Waals surface area contributed by atoms with Crippen LogP contribution in [0.5, 0.6) is 0 Å². The van der Waals surface area contributed by atoms with Crippen molar-refractivity contribution < 1.29 is 4.79 Å². The van der Waals surface area contributed by atoms with Crippen molar-refractivity contribution in [2.45, 2.75) is 13.0 Å². The van der Waals surface area contributed by atoms with E-state index in [1.165, 1.54) is 33.3 Å². The Labute approximate surface area is 118 Å². The fourth-order valence-corrected chi connectivity index (χ4v) is 3.24. The van der Waals surface area contributed by atoms with E-state index in [2.05, 4.69) is 27.4 Å². The fraction of sp³-hybridized carbons (Fsp3) is 0.231. The minimum absolute atomic E-state index is 0.0324. The predicted octanol–water partition coefficient (Wildman–Crippen LogP) is 1.38. The van der Waals surface area contributed by atoms with Crippen LogP contribution >= 0.6 is 11.3 Å². The number of nitrogens with zero attached hydrogens (tertiary/aromatic N) is 5. The van der Waals surface area contributed by atoms with Gasteiger partial charge in [-0.25, -0.2) is 0 Å². The highest BCUT2D eigenvalue weighted by Crippen LogP contribution is 2.21. The van der Waals surface area contributed by atoms with Crippen LogP contribution in [0.15, 0.2) is 30.6 Å². The van der Waals surface area contributed by atoms with E-state index < -0.39 is 0 Å². The molecule has 0 radical (unpaired) electrons. The summed E-state index contributed by atoms with van der Waals surface area (Å²) >= 11 is 1.27. The lowest BCUT2D eigenvalue weighted by Gasteiger charge is -2.27. The van der Waals surface area contributed by atoms with E-state index in [9.17, 15) is 4.79 Å². The minimum atomic E-state index is -0.0324. The van der Waals surface area contributed by atoms with Crippen LogP contribution in [0.3, 0.4) is 0 Å². The molecule has 0 N–H and O–H groups in total. The van der Waals surface area contributed by atoms with Crippen LogP contribution in [0, 0.1) is 0 Å². The van der Waals surface area contributed by atoms with Gasteiger partial charge in [-0.15, -0.1) is 15.3 Å². The zero-order valence-corrected chi connectivity index (χ0v) is 11.4. The molecule has 0 unspecified atom stereocenters. The van der Waals surface area contributed by atoms with Crippen molar-refractivity contribution in [3.05, 3.63) is 46.7 Å². The molecular formula is C13H11N5OS. The summed E-state index contributed by atoms with van der Waals surface area (Å²) in [7, 11) is 0. The molecule has 0 atom stereocenters. The fourth-order valence-electron chi connectivity index (χ4n) is 2.45. The highest BCUT2D eigenvalue weighted by atomic mass is 32.1. The average molecular weight is 285 g/mol. The summed E-state index contributed by atoms with van der Waals surface area (Å²) in [6, 6.07) is 8.25. The highest BCUT2D eigenvalue weighted by Gasteiger charge is 2.24. The Morgan fingerprint density at radius 2 is 2.10 bits per heavy atom. The predicted molar refractivity (Wildman–Crippen MR) is 73.5 cm³/mol. The Morgan fingerprint density at radius 3 is 2.95 bits per heavy atom. The Hall–Kier alpha value is -2.28. The van der Waals surface area contributed by atoms with Crippen LogP contribution in [-0.4, -0.2) is 37.2 Å². The minimum Gasteiger partial charge on any atom is -0.332 e. The molecule has 7 heteroatoms. The molecule has 1 amide bonds. The zero-order valence-electron chi connectivity index (χ0n) is 10.6. The molecule has 2 aromatic heterocycles. The van der Waals surface area contributed by atoms with Crippen molar-refractivity contribution in [2.75, 3.05) is 6.54 Å². The first-order chi connectivity index (χ1) is 9.81. The summed E-state index contributed by atoms with van der Waals surface area (Å²) in [6.45, 7) is 1.38. The molecule has 3 aromatic rings. The molecule has 0 spiro atoms. The van der Waals surface area contributed by atoms with E-state index in [1.54, 1.807) is 0 Å². The topological polar surface area (TPSA) is 63.4 Å². The van der Waals surface area contributed by atoms with Crippen LogP contribution in [0.4, 0.5) is 0 Å². The molecule has 1 aliphatic rings. The molecule has 100 valence electrons. The van der Waals surface area contributed by atoms with Gasteiger partial charge >= 0.3 is 0 Å². The average Bonchev–Trinajstić information content (AvgIpc) is 3.07. The molecule has 0 saturated carbocycles. The van der Waals surface area contributed by atoms with Gasteiger partial charge in [-0.05, 0) is 17.5 Å². The molecular weight excluding hydrogens is 274 g/mol. The van der Waals surface area contributed by atoms with Crippen LogP contribution in [-0.2, 0) is 13.0 Å². The molecule has 3 heterocycles. The Bertz CT molecular complexity index is 764. The first kappa shape index (κ1) is 11.5. The molecule has 1 aromatic carbocycles. The van der Waals surface area contributed by atoms with Crippen molar-refractivity contribution in [1.82, 2.24) is 24.7 Å². The van der Waals surface area contributed by atoms with Gasteiger partial charge in [0.1, 0.15) is 6.33 Å². The lowest BCUT2D eigenvalue weighted by molar-refractivity contribution is 0.0733. The van der Waals surface area contributed by atoms with Crippen molar-refractivity contribution >= 4 is 22.2 Å². The van der Waals surface area contributed by atoms with E-state index in [0.29, 0.717) is 16.5 Å². The van der Waals surface area contributed by atoms with Crippen molar-refractivity contribution in [3.8, 4) is 0 Å². The maximum atomic E-state index is 12.5. The highest BCUT2D eigenvalue weighted by molar-refractivity contribution is 7.18. The standard InChI is InChI=1S/C13H11N5OS/c19-12(11-16-18-8-14-15-13(18)20-11)17-6-5-9-3-1-2-4-10(9)7-17/h1-4,8H,5-7H2. The summed E-state index contributed by atoms with van der Waals surface area (Å²) < 4.78 is 1.54. The first-order valence-corrected chi connectivity index (χ1v) is 7.16. The molecule has 6 nitrogen and oxygen atoms in total. The number of carbonyl (C=O) groups is 1. The molecule has 0 bridgehead atoms. The number of fused-ring (bicyclic) bond motifs is 2. The third-order valence-electron chi connectivity index (χ3n) is 3.49.